The van der Waals surface area contributed by atoms with Crippen LogP contribution in [0, 0.1) is 0 Å². The van der Waals surface area contributed by atoms with Gasteiger partial charge < -0.3 is 13.8 Å². The number of benzene rings is 7. The lowest BCUT2D eigenvalue weighted by atomic mass is 9.45. The molecule has 0 fully saturated rings. The zero-order valence-corrected chi connectivity index (χ0v) is 27.9. The summed E-state index contributed by atoms with van der Waals surface area (Å²) in [5, 5.41) is 4.88. The smallest absolute Gasteiger partial charge is 0.333 e. The van der Waals surface area contributed by atoms with Crippen LogP contribution in [0.4, 0.5) is 17.1 Å². The average molecular weight is 641 g/mol. The summed E-state index contributed by atoms with van der Waals surface area (Å²) in [5.41, 5.74) is 16.9. The summed E-state index contributed by atoms with van der Waals surface area (Å²) in [6.07, 6.45) is 3.42. The minimum atomic E-state index is -0.0331. The molecule has 0 amide bonds. The summed E-state index contributed by atoms with van der Waals surface area (Å²) < 4.78 is 9.51. The van der Waals surface area contributed by atoms with Gasteiger partial charge in [0.2, 0.25) is 0 Å². The molecule has 4 heterocycles. The molecule has 0 atom stereocenters. The van der Waals surface area contributed by atoms with E-state index in [0.29, 0.717) is 0 Å². The number of fused-ring (bicyclic) bond motifs is 11. The van der Waals surface area contributed by atoms with Crippen molar-refractivity contribution in [1.82, 2.24) is 4.48 Å². The second-order valence-electron chi connectivity index (χ2n) is 13.9. The molecule has 0 saturated carbocycles. The van der Waals surface area contributed by atoms with E-state index in [9.17, 15) is 0 Å². The molecule has 9 aromatic rings. The molecule has 2 aromatic heterocycles. The van der Waals surface area contributed by atoms with Crippen molar-refractivity contribution in [2.45, 2.75) is 26.2 Å². The molecule has 50 heavy (non-hydrogen) atoms. The predicted molar refractivity (Wildman–Crippen MR) is 211 cm³/mol. The predicted octanol–water partition coefficient (Wildman–Crippen LogP) is 11.1. The fourth-order valence-electron chi connectivity index (χ4n) is 8.95. The molecule has 3 nitrogen and oxygen atoms in total. The Morgan fingerprint density at radius 3 is 2.32 bits per heavy atom. The maximum Gasteiger partial charge on any atom is 0.333 e. The van der Waals surface area contributed by atoms with Crippen molar-refractivity contribution in [3.63, 3.8) is 0 Å². The van der Waals surface area contributed by atoms with Gasteiger partial charge in [-0.1, -0.05) is 123 Å². The average Bonchev–Trinajstić information content (AvgIpc) is 3.72. The Morgan fingerprint density at radius 2 is 1.42 bits per heavy atom. The summed E-state index contributed by atoms with van der Waals surface area (Å²) in [4.78, 5) is 2.55. The first-order valence-electron chi connectivity index (χ1n) is 17.9. The van der Waals surface area contributed by atoms with Crippen molar-refractivity contribution in [3.8, 4) is 22.3 Å². The van der Waals surface area contributed by atoms with Crippen LogP contribution in [0.3, 0.4) is 0 Å². The number of aryl methyl sites for hydroxylation is 1. The number of nitrogens with zero attached hydrogens (tertiary/aromatic N) is 2. The van der Waals surface area contributed by atoms with Gasteiger partial charge in [0, 0.05) is 60.8 Å². The maximum absolute atomic E-state index is 6.88. The number of rotatable bonds is 5. The van der Waals surface area contributed by atoms with Gasteiger partial charge in [0.1, 0.15) is 11.2 Å². The summed E-state index contributed by atoms with van der Waals surface area (Å²) >= 11 is 0. The highest BCUT2D eigenvalue weighted by Crippen LogP contribution is 2.49. The number of para-hydroxylation sites is 3. The van der Waals surface area contributed by atoms with Crippen LogP contribution < -0.4 is 15.8 Å². The van der Waals surface area contributed by atoms with E-state index in [1.807, 2.05) is 0 Å². The fraction of sp³-hybridized carbons (Fsp3) is 0.0870. The Balaban J connectivity index is 1.32. The van der Waals surface area contributed by atoms with Crippen LogP contribution in [0.2, 0.25) is 0 Å². The standard InChI is InChI=1S/C46H33BN2O/c1-2-3-13-29-14-11-17-32(26-29)48-40-27-31(30-15-5-4-6-16-30)24-25-38(40)47-44-41(48)28-37-34-19-8-10-23-42(34)50-46(37)43(44)36-21-12-20-35-33-18-7-9-22-39(33)49(47)45(35)36/h4-12,14-28H,2-3,13H2,1H3. The highest BCUT2D eigenvalue weighted by atomic mass is 16.3. The second-order valence-corrected chi connectivity index (χ2v) is 13.9. The molecule has 0 unspecified atom stereocenters. The molecule has 0 N–H and O–H groups in total. The van der Waals surface area contributed by atoms with E-state index in [4.69, 9.17) is 4.42 Å². The van der Waals surface area contributed by atoms with Crippen LogP contribution >= 0.6 is 0 Å². The molecule has 236 valence electrons. The molecule has 2 aliphatic rings. The first-order valence-corrected chi connectivity index (χ1v) is 17.9. The summed E-state index contributed by atoms with van der Waals surface area (Å²) in [6, 6.07) is 53.8. The lowest BCUT2D eigenvalue weighted by molar-refractivity contribution is 0.670. The van der Waals surface area contributed by atoms with Crippen LogP contribution in [0.5, 0.6) is 0 Å². The Labute approximate surface area is 291 Å². The van der Waals surface area contributed by atoms with Crippen molar-refractivity contribution in [1.29, 1.82) is 0 Å². The van der Waals surface area contributed by atoms with Gasteiger partial charge in [-0.05, 0) is 76.9 Å². The molecular weight excluding hydrogens is 607 g/mol. The highest BCUT2D eigenvalue weighted by molar-refractivity contribution is 6.90. The number of furan rings is 1. The lowest BCUT2D eigenvalue weighted by Gasteiger charge is -2.40. The SMILES string of the molecule is CCCCc1cccc(N2c3cc(-c4ccccc4)ccc3B3c4c2cc2c(oc5ccccc52)c4-c2cccc4c5ccccc5n3c24)c1. The number of aromatic nitrogens is 1. The Hall–Kier alpha value is -6.00. The summed E-state index contributed by atoms with van der Waals surface area (Å²) in [5.74, 6) is 0. The van der Waals surface area contributed by atoms with Crippen LogP contribution in [-0.4, -0.2) is 11.3 Å². The topological polar surface area (TPSA) is 21.3 Å². The largest absolute Gasteiger partial charge is 0.455 e. The molecule has 0 radical (unpaired) electrons. The van der Waals surface area contributed by atoms with Gasteiger partial charge in [0.25, 0.3) is 0 Å². The minimum absolute atomic E-state index is 0.0331. The normalized spacial score (nSPS) is 13.1. The number of hydrogen-bond donors (Lipinski definition) is 0. The number of anilines is 3. The zero-order valence-electron chi connectivity index (χ0n) is 27.9. The number of hydrogen-bond acceptors (Lipinski definition) is 2. The molecule has 4 heteroatoms. The maximum atomic E-state index is 6.88. The second kappa shape index (κ2) is 10.5. The Morgan fingerprint density at radius 1 is 0.620 bits per heavy atom. The highest BCUT2D eigenvalue weighted by Gasteiger charge is 2.44. The van der Waals surface area contributed by atoms with Crippen molar-refractivity contribution >= 4 is 78.6 Å². The summed E-state index contributed by atoms with van der Waals surface area (Å²) in [6.45, 7) is 2.24. The molecule has 11 rings (SSSR count). The lowest BCUT2D eigenvalue weighted by Crippen LogP contribution is -2.56. The van der Waals surface area contributed by atoms with Gasteiger partial charge >= 0.3 is 6.85 Å². The Bertz CT molecular complexity index is 2830. The first-order chi connectivity index (χ1) is 24.8. The van der Waals surface area contributed by atoms with Crippen molar-refractivity contribution < 1.29 is 4.42 Å². The Kier molecular flexibility index (Phi) is 5.86. The third-order valence-corrected chi connectivity index (χ3v) is 11.1. The molecule has 0 spiro atoms. The van der Waals surface area contributed by atoms with Crippen LogP contribution in [0.25, 0.3) is 66.0 Å². The van der Waals surface area contributed by atoms with E-state index in [0.717, 1.165) is 28.4 Å². The van der Waals surface area contributed by atoms with Gasteiger partial charge in [0.05, 0.1) is 0 Å². The van der Waals surface area contributed by atoms with Gasteiger partial charge in [-0.2, -0.15) is 0 Å². The van der Waals surface area contributed by atoms with Crippen LogP contribution in [0.1, 0.15) is 25.3 Å². The third-order valence-electron chi connectivity index (χ3n) is 11.1. The minimum Gasteiger partial charge on any atom is -0.455 e. The van der Waals surface area contributed by atoms with E-state index in [1.54, 1.807) is 0 Å². The van der Waals surface area contributed by atoms with E-state index in [-0.39, 0.29) is 6.85 Å². The third kappa shape index (κ3) is 3.76. The number of unbranched alkanes of at least 4 members (excludes halogenated alkanes) is 1. The van der Waals surface area contributed by atoms with E-state index in [1.165, 1.54) is 90.5 Å². The monoisotopic (exact) mass is 640 g/mol. The molecular formula is C46H33BN2O. The van der Waals surface area contributed by atoms with Gasteiger partial charge in [-0.3, -0.25) is 0 Å². The van der Waals surface area contributed by atoms with Crippen LogP contribution in [-0.2, 0) is 6.42 Å². The van der Waals surface area contributed by atoms with Crippen molar-refractivity contribution in [3.05, 3.63) is 151 Å². The van der Waals surface area contributed by atoms with Crippen LogP contribution in [0.15, 0.2) is 150 Å². The fourth-order valence-corrected chi connectivity index (χ4v) is 8.95. The molecule has 0 saturated heterocycles. The van der Waals surface area contributed by atoms with Crippen molar-refractivity contribution in [2.24, 2.45) is 0 Å². The summed E-state index contributed by atoms with van der Waals surface area (Å²) in [7, 11) is 0. The molecule has 7 aromatic carbocycles. The first kappa shape index (κ1) is 27.9. The van der Waals surface area contributed by atoms with E-state index >= 15 is 0 Å². The molecule has 2 aliphatic heterocycles. The van der Waals surface area contributed by atoms with Gasteiger partial charge in [-0.25, -0.2) is 0 Å². The zero-order chi connectivity index (χ0) is 32.9. The van der Waals surface area contributed by atoms with E-state index < -0.39 is 0 Å². The van der Waals surface area contributed by atoms with Gasteiger partial charge in [-0.15, -0.1) is 0 Å². The quantitative estimate of drug-likeness (QED) is 0.175. The van der Waals surface area contributed by atoms with E-state index in [2.05, 4.69) is 162 Å². The molecule has 0 bridgehead atoms. The van der Waals surface area contributed by atoms with Gasteiger partial charge in [0.15, 0.2) is 0 Å². The van der Waals surface area contributed by atoms with Crippen molar-refractivity contribution in [2.75, 3.05) is 4.90 Å². The molecule has 0 aliphatic carbocycles.